The van der Waals surface area contributed by atoms with E-state index in [-0.39, 0.29) is 5.91 Å². The van der Waals surface area contributed by atoms with Crippen molar-refractivity contribution in [1.82, 2.24) is 5.32 Å². The van der Waals surface area contributed by atoms with E-state index in [1.807, 2.05) is 24.3 Å². The van der Waals surface area contributed by atoms with Gasteiger partial charge in [0.1, 0.15) is 0 Å². The third kappa shape index (κ3) is 3.76. The summed E-state index contributed by atoms with van der Waals surface area (Å²) in [6.45, 7) is 0.453. The maximum atomic E-state index is 12.2. The van der Waals surface area contributed by atoms with Crippen molar-refractivity contribution in [2.75, 3.05) is 14.2 Å². The van der Waals surface area contributed by atoms with Crippen LogP contribution in [-0.2, 0) is 6.54 Å². The molecule has 21 heavy (non-hydrogen) atoms. The largest absolute Gasteiger partial charge is 0.493 e. The summed E-state index contributed by atoms with van der Waals surface area (Å²) in [4.78, 5) is 12.2. The van der Waals surface area contributed by atoms with Crippen LogP contribution in [0, 0.1) is 0 Å². The third-order valence-corrected chi connectivity index (χ3v) is 3.82. The summed E-state index contributed by atoms with van der Waals surface area (Å²) >= 11 is 3.46. The summed E-state index contributed by atoms with van der Waals surface area (Å²) in [7, 11) is 3.10. The van der Waals surface area contributed by atoms with Crippen LogP contribution >= 0.6 is 15.9 Å². The Hall–Kier alpha value is -2.01. The Morgan fingerprint density at radius 2 is 1.81 bits per heavy atom. The fourth-order valence-corrected chi connectivity index (χ4v) is 2.32. The molecule has 1 N–H and O–H groups in total. The van der Waals surface area contributed by atoms with Gasteiger partial charge >= 0.3 is 0 Å². The summed E-state index contributed by atoms with van der Waals surface area (Å²) in [6, 6.07) is 12.8. The minimum Gasteiger partial charge on any atom is -0.493 e. The summed E-state index contributed by atoms with van der Waals surface area (Å²) in [5.74, 6) is 0.970. The van der Waals surface area contributed by atoms with Gasteiger partial charge in [-0.2, -0.15) is 0 Å². The van der Waals surface area contributed by atoms with E-state index in [1.165, 1.54) is 0 Å². The van der Waals surface area contributed by atoms with Crippen LogP contribution < -0.4 is 14.8 Å². The number of hydrogen-bond donors (Lipinski definition) is 1. The van der Waals surface area contributed by atoms with E-state index in [0.29, 0.717) is 23.6 Å². The fraction of sp³-hybridized carbons (Fsp3) is 0.188. The fourth-order valence-electron chi connectivity index (χ4n) is 1.90. The molecule has 0 aliphatic rings. The highest BCUT2D eigenvalue weighted by molar-refractivity contribution is 9.10. The molecule has 0 saturated carbocycles. The Bertz CT molecular complexity index is 643. The van der Waals surface area contributed by atoms with Crippen molar-refractivity contribution in [1.29, 1.82) is 0 Å². The highest BCUT2D eigenvalue weighted by atomic mass is 79.9. The Balaban J connectivity index is 2.09. The molecule has 0 aromatic heterocycles. The van der Waals surface area contributed by atoms with Gasteiger partial charge in [-0.1, -0.05) is 34.1 Å². The van der Waals surface area contributed by atoms with Gasteiger partial charge in [-0.25, -0.2) is 0 Å². The molecule has 0 atom stereocenters. The van der Waals surface area contributed by atoms with Crippen molar-refractivity contribution in [3.8, 4) is 11.5 Å². The van der Waals surface area contributed by atoms with Gasteiger partial charge in [0.2, 0.25) is 0 Å². The molecule has 5 heteroatoms. The maximum absolute atomic E-state index is 12.2. The summed E-state index contributed by atoms with van der Waals surface area (Å²) < 4.78 is 11.3. The highest BCUT2D eigenvalue weighted by Gasteiger charge is 2.10. The zero-order chi connectivity index (χ0) is 15.2. The third-order valence-electron chi connectivity index (χ3n) is 3.04. The molecule has 0 spiro atoms. The first-order chi connectivity index (χ1) is 10.2. The van der Waals surface area contributed by atoms with Crippen LogP contribution in [0.3, 0.4) is 0 Å². The van der Waals surface area contributed by atoms with Crippen LogP contribution in [-0.4, -0.2) is 20.1 Å². The smallest absolute Gasteiger partial charge is 0.251 e. The highest BCUT2D eigenvalue weighted by Crippen LogP contribution is 2.27. The van der Waals surface area contributed by atoms with Gasteiger partial charge in [0.05, 0.1) is 14.2 Å². The molecular formula is C16H16BrNO3. The zero-order valence-corrected chi connectivity index (χ0v) is 13.4. The second-order valence-corrected chi connectivity index (χ2v) is 5.20. The first-order valence-corrected chi connectivity index (χ1v) is 7.18. The number of carbonyl (C=O) groups excluding carboxylic acids is 1. The first kappa shape index (κ1) is 15.4. The SMILES string of the molecule is COc1ccc(C(=O)NCc2ccccc2Br)cc1OC. The number of benzene rings is 2. The van der Waals surface area contributed by atoms with Gasteiger partial charge in [-0.15, -0.1) is 0 Å². The second-order valence-electron chi connectivity index (χ2n) is 4.34. The molecule has 0 heterocycles. The van der Waals surface area contributed by atoms with Crippen LogP contribution in [0.25, 0.3) is 0 Å². The number of nitrogens with one attached hydrogen (secondary N) is 1. The number of methoxy groups -OCH3 is 2. The molecule has 0 fully saturated rings. The van der Waals surface area contributed by atoms with Crippen LogP contribution in [0.5, 0.6) is 11.5 Å². The number of halogens is 1. The Morgan fingerprint density at radius 1 is 1.10 bits per heavy atom. The average molecular weight is 350 g/mol. The van der Waals surface area contributed by atoms with E-state index in [0.717, 1.165) is 10.0 Å². The standard InChI is InChI=1S/C16H16BrNO3/c1-20-14-8-7-11(9-15(14)21-2)16(19)18-10-12-5-3-4-6-13(12)17/h3-9H,10H2,1-2H3,(H,18,19). The number of ether oxygens (including phenoxy) is 2. The van der Waals surface area contributed by atoms with Crippen molar-refractivity contribution < 1.29 is 14.3 Å². The monoisotopic (exact) mass is 349 g/mol. The Labute approximate surface area is 132 Å². The lowest BCUT2D eigenvalue weighted by atomic mass is 10.1. The van der Waals surface area contributed by atoms with Gasteiger partial charge in [0, 0.05) is 16.6 Å². The van der Waals surface area contributed by atoms with E-state index in [2.05, 4.69) is 21.2 Å². The Morgan fingerprint density at radius 3 is 2.48 bits per heavy atom. The molecule has 0 radical (unpaired) electrons. The molecule has 1 amide bonds. The van der Waals surface area contributed by atoms with Crippen molar-refractivity contribution in [3.63, 3.8) is 0 Å². The van der Waals surface area contributed by atoms with Crippen molar-refractivity contribution >= 4 is 21.8 Å². The lowest BCUT2D eigenvalue weighted by molar-refractivity contribution is 0.0950. The predicted octanol–water partition coefficient (Wildman–Crippen LogP) is 3.40. The van der Waals surface area contributed by atoms with Crippen LogP contribution in [0.15, 0.2) is 46.9 Å². The molecule has 0 bridgehead atoms. The number of amides is 1. The molecule has 2 rings (SSSR count). The number of hydrogen-bond acceptors (Lipinski definition) is 3. The van der Waals surface area contributed by atoms with Gasteiger partial charge in [-0.3, -0.25) is 4.79 Å². The molecule has 0 saturated heterocycles. The maximum Gasteiger partial charge on any atom is 0.251 e. The molecule has 0 unspecified atom stereocenters. The van der Waals surface area contributed by atoms with Gasteiger partial charge < -0.3 is 14.8 Å². The Kier molecular flexibility index (Phi) is 5.22. The number of carbonyl (C=O) groups is 1. The predicted molar refractivity (Wildman–Crippen MR) is 84.9 cm³/mol. The van der Waals surface area contributed by atoms with Crippen molar-refractivity contribution in [3.05, 3.63) is 58.1 Å². The normalized spacial score (nSPS) is 10.0. The molecular weight excluding hydrogens is 334 g/mol. The number of rotatable bonds is 5. The molecule has 0 aliphatic carbocycles. The molecule has 4 nitrogen and oxygen atoms in total. The van der Waals surface area contributed by atoms with Crippen molar-refractivity contribution in [2.24, 2.45) is 0 Å². The van der Waals surface area contributed by atoms with E-state index < -0.39 is 0 Å². The quantitative estimate of drug-likeness (QED) is 0.899. The summed E-state index contributed by atoms with van der Waals surface area (Å²) in [5, 5.41) is 2.88. The van der Waals surface area contributed by atoms with Gasteiger partial charge in [0.25, 0.3) is 5.91 Å². The zero-order valence-electron chi connectivity index (χ0n) is 11.9. The van der Waals surface area contributed by atoms with E-state index in [4.69, 9.17) is 9.47 Å². The molecule has 2 aromatic rings. The minimum absolute atomic E-state index is 0.160. The van der Waals surface area contributed by atoms with E-state index >= 15 is 0 Å². The van der Waals surface area contributed by atoms with Crippen LogP contribution in [0.2, 0.25) is 0 Å². The minimum atomic E-state index is -0.160. The first-order valence-electron chi connectivity index (χ1n) is 6.39. The topological polar surface area (TPSA) is 47.6 Å². The molecule has 2 aromatic carbocycles. The second kappa shape index (κ2) is 7.13. The van der Waals surface area contributed by atoms with Gasteiger partial charge in [-0.05, 0) is 29.8 Å². The van der Waals surface area contributed by atoms with Gasteiger partial charge in [0.15, 0.2) is 11.5 Å². The van der Waals surface area contributed by atoms with Crippen molar-refractivity contribution in [2.45, 2.75) is 6.54 Å². The van der Waals surface area contributed by atoms with Crippen LogP contribution in [0.1, 0.15) is 15.9 Å². The lowest BCUT2D eigenvalue weighted by Gasteiger charge is -2.10. The molecule has 0 aliphatic heterocycles. The van der Waals surface area contributed by atoms with Crippen LogP contribution in [0.4, 0.5) is 0 Å². The molecule has 110 valence electrons. The van der Waals surface area contributed by atoms with E-state index in [1.54, 1.807) is 32.4 Å². The van der Waals surface area contributed by atoms with E-state index in [9.17, 15) is 4.79 Å². The summed E-state index contributed by atoms with van der Waals surface area (Å²) in [5.41, 5.74) is 1.55. The average Bonchev–Trinajstić information content (AvgIpc) is 2.53. The summed E-state index contributed by atoms with van der Waals surface area (Å²) in [6.07, 6.45) is 0. The lowest BCUT2D eigenvalue weighted by Crippen LogP contribution is -2.23.